The standard InChI is InChI=1S/C18H24N6S2/c1-14-21-22-17(24(14)3)11-20-18(19-8-6-16-5-4-9-26-16)23(2)12-15-7-10-25-13-15/h4-5,7,9-10,13H,6,8,11-12H2,1-3H3,(H,19,20). The highest BCUT2D eigenvalue weighted by atomic mass is 32.1. The minimum atomic E-state index is 0.507. The summed E-state index contributed by atoms with van der Waals surface area (Å²) < 4.78 is 1.98. The Balaban J connectivity index is 1.66. The second-order valence-corrected chi connectivity index (χ2v) is 7.92. The van der Waals surface area contributed by atoms with Crippen molar-refractivity contribution >= 4 is 28.6 Å². The smallest absolute Gasteiger partial charge is 0.194 e. The fourth-order valence-corrected chi connectivity index (χ4v) is 3.90. The fraction of sp³-hybridized carbons (Fsp3) is 0.389. The van der Waals surface area contributed by atoms with E-state index in [2.05, 4.69) is 61.8 Å². The number of nitrogens with zero attached hydrogens (tertiary/aromatic N) is 5. The highest BCUT2D eigenvalue weighted by molar-refractivity contribution is 7.09. The summed E-state index contributed by atoms with van der Waals surface area (Å²) in [5.41, 5.74) is 1.29. The van der Waals surface area contributed by atoms with E-state index in [4.69, 9.17) is 4.99 Å². The van der Waals surface area contributed by atoms with Gasteiger partial charge in [-0.25, -0.2) is 4.99 Å². The molecule has 0 spiro atoms. The highest BCUT2D eigenvalue weighted by Crippen LogP contribution is 2.10. The molecule has 3 aromatic heterocycles. The summed E-state index contributed by atoms with van der Waals surface area (Å²) in [7, 11) is 4.04. The summed E-state index contributed by atoms with van der Waals surface area (Å²) in [4.78, 5) is 8.31. The van der Waals surface area contributed by atoms with Crippen LogP contribution in [0.1, 0.15) is 22.1 Å². The molecule has 138 valence electrons. The first-order valence-corrected chi connectivity index (χ1v) is 10.3. The molecule has 0 aromatic carbocycles. The first-order chi connectivity index (χ1) is 12.6. The van der Waals surface area contributed by atoms with Gasteiger partial charge in [-0.05, 0) is 47.2 Å². The lowest BCUT2D eigenvalue weighted by Crippen LogP contribution is -2.39. The minimum absolute atomic E-state index is 0.507. The van der Waals surface area contributed by atoms with E-state index < -0.39 is 0 Å². The summed E-state index contributed by atoms with van der Waals surface area (Å²) in [6.45, 7) is 4.13. The van der Waals surface area contributed by atoms with Gasteiger partial charge in [0.15, 0.2) is 11.8 Å². The Hall–Kier alpha value is -2.19. The Morgan fingerprint density at radius 2 is 2.19 bits per heavy atom. The molecule has 8 heteroatoms. The quantitative estimate of drug-likeness (QED) is 0.499. The average molecular weight is 389 g/mol. The van der Waals surface area contributed by atoms with E-state index in [1.165, 1.54) is 10.4 Å². The van der Waals surface area contributed by atoms with E-state index in [0.717, 1.165) is 37.1 Å². The minimum Gasteiger partial charge on any atom is -0.356 e. The first kappa shape index (κ1) is 18.6. The number of rotatable bonds is 7. The molecule has 3 rings (SSSR count). The van der Waals surface area contributed by atoms with Crippen molar-refractivity contribution in [3.63, 3.8) is 0 Å². The van der Waals surface area contributed by atoms with Gasteiger partial charge in [-0.1, -0.05) is 6.07 Å². The van der Waals surface area contributed by atoms with Crippen LogP contribution >= 0.6 is 22.7 Å². The van der Waals surface area contributed by atoms with E-state index in [-0.39, 0.29) is 0 Å². The molecule has 0 fully saturated rings. The van der Waals surface area contributed by atoms with E-state index in [9.17, 15) is 0 Å². The Morgan fingerprint density at radius 1 is 1.31 bits per heavy atom. The van der Waals surface area contributed by atoms with Gasteiger partial charge in [-0.3, -0.25) is 0 Å². The zero-order chi connectivity index (χ0) is 18.4. The normalized spacial score (nSPS) is 11.7. The molecule has 0 radical (unpaired) electrons. The van der Waals surface area contributed by atoms with Crippen molar-refractivity contribution in [1.82, 2.24) is 25.0 Å². The lowest BCUT2D eigenvalue weighted by Gasteiger charge is -2.22. The molecule has 1 N–H and O–H groups in total. The molecule has 0 aliphatic rings. The van der Waals surface area contributed by atoms with Gasteiger partial charge in [0.1, 0.15) is 12.4 Å². The molecular formula is C18H24N6S2. The van der Waals surface area contributed by atoms with E-state index in [1.807, 2.05) is 18.5 Å². The monoisotopic (exact) mass is 388 g/mol. The van der Waals surface area contributed by atoms with Crippen molar-refractivity contribution in [1.29, 1.82) is 0 Å². The maximum atomic E-state index is 4.78. The number of aromatic nitrogens is 3. The number of hydrogen-bond donors (Lipinski definition) is 1. The van der Waals surface area contributed by atoms with E-state index in [0.29, 0.717) is 6.54 Å². The average Bonchev–Trinajstić information content (AvgIpc) is 3.37. The van der Waals surface area contributed by atoms with Crippen molar-refractivity contribution < 1.29 is 0 Å². The Bertz CT molecular complexity index is 820. The Labute approximate surface area is 162 Å². The van der Waals surface area contributed by atoms with Crippen LogP contribution < -0.4 is 5.32 Å². The molecule has 0 saturated carbocycles. The molecular weight excluding hydrogens is 364 g/mol. The van der Waals surface area contributed by atoms with Gasteiger partial charge in [-0.15, -0.1) is 21.5 Å². The van der Waals surface area contributed by atoms with E-state index in [1.54, 1.807) is 22.7 Å². The van der Waals surface area contributed by atoms with Crippen molar-refractivity contribution in [2.75, 3.05) is 13.6 Å². The van der Waals surface area contributed by atoms with Crippen LogP contribution in [-0.2, 0) is 26.6 Å². The molecule has 0 amide bonds. The second kappa shape index (κ2) is 8.95. The fourth-order valence-electron chi connectivity index (χ4n) is 2.53. The van der Waals surface area contributed by atoms with Crippen LogP contribution in [0.25, 0.3) is 0 Å². The molecule has 3 heterocycles. The van der Waals surface area contributed by atoms with Crippen molar-refractivity contribution in [3.05, 3.63) is 56.4 Å². The summed E-state index contributed by atoms with van der Waals surface area (Å²) in [6, 6.07) is 6.41. The molecule has 0 saturated heterocycles. The van der Waals surface area contributed by atoms with Crippen LogP contribution in [0.15, 0.2) is 39.3 Å². The van der Waals surface area contributed by atoms with Gasteiger partial charge in [-0.2, -0.15) is 11.3 Å². The van der Waals surface area contributed by atoms with Crippen LogP contribution in [0, 0.1) is 6.92 Å². The maximum absolute atomic E-state index is 4.78. The second-order valence-electron chi connectivity index (χ2n) is 6.11. The summed E-state index contributed by atoms with van der Waals surface area (Å²) in [5.74, 6) is 2.64. The number of nitrogens with one attached hydrogen (secondary N) is 1. The van der Waals surface area contributed by atoms with Crippen LogP contribution in [0.2, 0.25) is 0 Å². The third kappa shape index (κ3) is 4.92. The molecule has 0 unspecified atom stereocenters. The maximum Gasteiger partial charge on any atom is 0.194 e. The third-order valence-electron chi connectivity index (χ3n) is 4.15. The Kier molecular flexibility index (Phi) is 6.40. The molecule has 0 aliphatic carbocycles. The number of aliphatic imine (C=N–C) groups is 1. The van der Waals surface area contributed by atoms with Gasteiger partial charge in [0.25, 0.3) is 0 Å². The molecule has 26 heavy (non-hydrogen) atoms. The third-order valence-corrected chi connectivity index (χ3v) is 5.82. The van der Waals surface area contributed by atoms with Gasteiger partial charge in [0.05, 0.1) is 0 Å². The van der Waals surface area contributed by atoms with Crippen LogP contribution in [-0.4, -0.2) is 39.2 Å². The lowest BCUT2D eigenvalue weighted by atomic mass is 10.3. The Morgan fingerprint density at radius 3 is 2.85 bits per heavy atom. The largest absolute Gasteiger partial charge is 0.356 e. The molecule has 6 nitrogen and oxygen atoms in total. The zero-order valence-electron chi connectivity index (χ0n) is 15.3. The predicted octanol–water partition coefficient (Wildman–Crippen LogP) is 3.07. The summed E-state index contributed by atoms with van der Waals surface area (Å²) >= 11 is 3.51. The van der Waals surface area contributed by atoms with Gasteiger partial charge < -0.3 is 14.8 Å². The van der Waals surface area contributed by atoms with Gasteiger partial charge >= 0.3 is 0 Å². The van der Waals surface area contributed by atoms with Crippen molar-refractivity contribution in [2.24, 2.45) is 12.0 Å². The topological polar surface area (TPSA) is 58.3 Å². The zero-order valence-corrected chi connectivity index (χ0v) is 17.0. The SMILES string of the molecule is Cc1nnc(CN=C(NCCc2cccs2)N(C)Cc2ccsc2)n1C. The first-order valence-electron chi connectivity index (χ1n) is 8.51. The number of thiophene rings is 2. The predicted molar refractivity (Wildman–Crippen MR) is 109 cm³/mol. The van der Waals surface area contributed by atoms with Gasteiger partial charge in [0, 0.05) is 32.1 Å². The molecule has 0 aliphatic heterocycles. The lowest BCUT2D eigenvalue weighted by molar-refractivity contribution is 0.475. The number of guanidine groups is 1. The number of hydrogen-bond acceptors (Lipinski definition) is 5. The van der Waals surface area contributed by atoms with Crippen molar-refractivity contribution in [3.8, 4) is 0 Å². The summed E-state index contributed by atoms with van der Waals surface area (Å²) in [6.07, 6.45) is 0.992. The van der Waals surface area contributed by atoms with Crippen LogP contribution in [0.5, 0.6) is 0 Å². The van der Waals surface area contributed by atoms with Crippen molar-refractivity contribution in [2.45, 2.75) is 26.4 Å². The molecule has 3 aromatic rings. The molecule has 0 bridgehead atoms. The molecule has 0 atom stereocenters. The number of aryl methyl sites for hydroxylation is 1. The summed E-state index contributed by atoms with van der Waals surface area (Å²) in [5, 5.41) is 18.2. The van der Waals surface area contributed by atoms with E-state index >= 15 is 0 Å². The van der Waals surface area contributed by atoms with Gasteiger partial charge in [0.2, 0.25) is 0 Å². The van der Waals surface area contributed by atoms with Crippen LogP contribution in [0.4, 0.5) is 0 Å². The highest BCUT2D eigenvalue weighted by Gasteiger charge is 2.10. The van der Waals surface area contributed by atoms with Crippen LogP contribution in [0.3, 0.4) is 0 Å².